The fraction of sp³-hybridized carbons (Fsp3) is 0.214. The van der Waals surface area contributed by atoms with Gasteiger partial charge in [-0.3, -0.25) is 4.79 Å². The zero-order valence-corrected chi connectivity index (χ0v) is 11.7. The maximum atomic E-state index is 10.7. The molecule has 0 amide bonds. The molecule has 1 aromatic heterocycles. The zero-order valence-electron chi connectivity index (χ0n) is 10.1. The fourth-order valence-corrected chi connectivity index (χ4v) is 2.72. The smallest absolute Gasteiger partial charge is 0.151 e. The molecular formula is C14H14ClNOS. The molecule has 0 fully saturated rings. The first kappa shape index (κ1) is 13.1. The highest BCUT2D eigenvalue weighted by atomic mass is 35.5. The number of carbonyl (C=O) groups excluding carboxylic acids is 1. The highest BCUT2D eigenvalue weighted by Crippen LogP contribution is 2.24. The highest BCUT2D eigenvalue weighted by molar-refractivity contribution is 7.09. The van der Waals surface area contributed by atoms with Gasteiger partial charge in [0.1, 0.15) is 0 Å². The van der Waals surface area contributed by atoms with Gasteiger partial charge in [-0.25, -0.2) is 0 Å². The van der Waals surface area contributed by atoms with Gasteiger partial charge in [-0.2, -0.15) is 0 Å². The molecule has 2 nitrogen and oxygen atoms in total. The van der Waals surface area contributed by atoms with E-state index in [0.717, 1.165) is 25.1 Å². The molecule has 0 spiro atoms. The molecular weight excluding hydrogens is 266 g/mol. The number of hydrogen-bond donors (Lipinski definition) is 0. The number of aldehydes is 1. The third kappa shape index (κ3) is 2.92. The van der Waals surface area contributed by atoms with Crippen LogP contribution in [0.2, 0.25) is 5.02 Å². The summed E-state index contributed by atoms with van der Waals surface area (Å²) in [5.41, 5.74) is 1.58. The minimum Gasteiger partial charge on any atom is -0.367 e. The molecule has 0 bridgehead atoms. The number of thiophene rings is 1. The quantitative estimate of drug-likeness (QED) is 0.763. The average molecular weight is 280 g/mol. The van der Waals surface area contributed by atoms with Gasteiger partial charge in [0.2, 0.25) is 0 Å². The molecule has 94 valence electrons. The lowest BCUT2D eigenvalue weighted by molar-refractivity contribution is 0.112. The first-order valence-corrected chi connectivity index (χ1v) is 7.02. The molecule has 0 aliphatic carbocycles. The van der Waals surface area contributed by atoms with Crippen LogP contribution in [0.25, 0.3) is 0 Å². The van der Waals surface area contributed by atoms with E-state index in [9.17, 15) is 4.79 Å². The Bertz CT molecular complexity index is 525. The second kappa shape index (κ2) is 6.03. The van der Waals surface area contributed by atoms with Crippen LogP contribution in [0.1, 0.15) is 22.2 Å². The van der Waals surface area contributed by atoms with Crippen molar-refractivity contribution in [3.63, 3.8) is 0 Å². The number of nitrogens with zero attached hydrogens (tertiary/aromatic N) is 1. The third-order valence-corrected chi connectivity index (χ3v) is 3.97. The summed E-state index contributed by atoms with van der Waals surface area (Å²) < 4.78 is 0. The van der Waals surface area contributed by atoms with E-state index >= 15 is 0 Å². The van der Waals surface area contributed by atoms with Crippen molar-refractivity contribution in [3.05, 3.63) is 51.2 Å². The molecule has 2 aromatic rings. The van der Waals surface area contributed by atoms with Crippen LogP contribution in [0.3, 0.4) is 0 Å². The normalized spacial score (nSPS) is 10.3. The van der Waals surface area contributed by atoms with Crippen LogP contribution in [-0.2, 0) is 6.54 Å². The fourth-order valence-electron chi connectivity index (χ4n) is 1.78. The second-order valence-electron chi connectivity index (χ2n) is 3.92. The van der Waals surface area contributed by atoms with Gasteiger partial charge in [0.25, 0.3) is 0 Å². The van der Waals surface area contributed by atoms with Crippen molar-refractivity contribution < 1.29 is 4.79 Å². The Balaban J connectivity index is 2.22. The first-order valence-electron chi connectivity index (χ1n) is 5.76. The summed E-state index contributed by atoms with van der Waals surface area (Å²) in [6.07, 6.45) is 0.779. The van der Waals surface area contributed by atoms with E-state index in [1.807, 2.05) is 12.1 Å². The van der Waals surface area contributed by atoms with Gasteiger partial charge in [0.05, 0.1) is 11.6 Å². The van der Waals surface area contributed by atoms with E-state index in [0.29, 0.717) is 10.6 Å². The van der Waals surface area contributed by atoms with Gasteiger partial charge < -0.3 is 4.90 Å². The van der Waals surface area contributed by atoms with Crippen LogP contribution in [0.15, 0.2) is 35.7 Å². The van der Waals surface area contributed by atoms with Crippen molar-refractivity contribution in [2.75, 3.05) is 11.4 Å². The number of halogens is 1. The van der Waals surface area contributed by atoms with Gasteiger partial charge in [-0.05, 0) is 36.6 Å². The molecule has 0 atom stereocenters. The summed E-state index contributed by atoms with van der Waals surface area (Å²) in [5.74, 6) is 0. The molecule has 0 unspecified atom stereocenters. The predicted molar refractivity (Wildman–Crippen MR) is 77.9 cm³/mol. The van der Waals surface area contributed by atoms with Crippen LogP contribution in [0.4, 0.5) is 5.69 Å². The lowest BCUT2D eigenvalue weighted by Crippen LogP contribution is -2.21. The Morgan fingerprint density at radius 2 is 2.22 bits per heavy atom. The van der Waals surface area contributed by atoms with Crippen LogP contribution in [0, 0.1) is 0 Å². The van der Waals surface area contributed by atoms with Gasteiger partial charge in [-0.1, -0.05) is 17.7 Å². The van der Waals surface area contributed by atoms with Crippen LogP contribution in [0.5, 0.6) is 0 Å². The summed E-state index contributed by atoms with van der Waals surface area (Å²) in [4.78, 5) is 14.3. The topological polar surface area (TPSA) is 20.3 Å². The number of benzene rings is 1. The van der Waals surface area contributed by atoms with E-state index in [2.05, 4.69) is 29.3 Å². The van der Waals surface area contributed by atoms with Crippen molar-refractivity contribution >= 4 is 34.9 Å². The molecule has 0 N–H and O–H groups in total. The molecule has 2 rings (SSSR count). The molecule has 18 heavy (non-hydrogen) atoms. The SMILES string of the molecule is CCN(Cc1cccs1)c1ccc(C=O)c(Cl)c1. The van der Waals surface area contributed by atoms with Crippen LogP contribution < -0.4 is 4.90 Å². The Labute approximate surface area is 116 Å². The minimum atomic E-state index is 0.507. The van der Waals surface area contributed by atoms with Crippen molar-refractivity contribution in [1.82, 2.24) is 0 Å². The first-order chi connectivity index (χ1) is 8.74. The average Bonchev–Trinajstić information content (AvgIpc) is 2.88. The van der Waals surface area contributed by atoms with E-state index in [1.54, 1.807) is 17.4 Å². The molecule has 1 heterocycles. The van der Waals surface area contributed by atoms with Gasteiger partial charge >= 0.3 is 0 Å². The molecule has 0 aliphatic rings. The summed E-state index contributed by atoms with van der Waals surface area (Å²) in [6, 6.07) is 9.72. The lowest BCUT2D eigenvalue weighted by Gasteiger charge is -2.22. The summed E-state index contributed by atoms with van der Waals surface area (Å²) in [6.45, 7) is 3.87. The summed E-state index contributed by atoms with van der Waals surface area (Å²) >= 11 is 7.80. The van der Waals surface area contributed by atoms with Gasteiger partial charge in [0, 0.05) is 22.7 Å². The Morgan fingerprint density at radius 3 is 2.78 bits per heavy atom. The van der Waals surface area contributed by atoms with E-state index in [-0.39, 0.29) is 0 Å². The Hall–Kier alpha value is -1.32. The van der Waals surface area contributed by atoms with Crippen molar-refractivity contribution in [3.8, 4) is 0 Å². The molecule has 0 saturated carbocycles. The Morgan fingerprint density at radius 1 is 1.39 bits per heavy atom. The molecule has 1 aromatic carbocycles. The predicted octanol–water partition coefficient (Wildman–Crippen LogP) is 4.24. The lowest BCUT2D eigenvalue weighted by atomic mass is 10.2. The van der Waals surface area contributed by atoms with Gasteiger partial charge in [-0.15, -0.1) is 11.3 Å². The van der Waals surface area contributed by atoms with E-state index in [1.165, 1.54) is 4.88 Å². The molecule has 0 saturated heterocycles. The third-order valence-electron chi connectivity index (χ3n) is 2.78. The second-order valence-corrected chi connectivity index (χ2v) is 5.36. The van der Waals surface area contributed by atoms with Crippen molar-refractivity contribution in [1.29, 1.82) is 0 Å². The summed E-state index contributed by atoms with van der Waals surface area (Å²) in [7, 11) is 0. The summed E-state index contributed by atoms with van der Waals surface area (Å²) in [5, 5.41) is 2.58. The van der Waals surface area contributed by atoms with Crippen molar-refractivity contribution in [2.24, 2.45) is 0 Å². The highest BCUT2D eigenvalue weighted by Gasteiger charge is 2.08. The molecule has 4 heteroatoms. The maximum absolute atomic E-state index is 10.7. The number of anilines is 1. The van der Waals surface area contributed by atoms with E-state index < -0.39 is 0 Å². The number of hydrogen-bond acceptors (Lipinski definition) is 3. The number of carbonyl (C=O) groups is 1. The van der Waals surface area contributed by atoms with Crippen LogP contribution in [-0.4, -0.2) is 12.8 Å². The zero-order chi connectivity index (χ0) is 13.0. The standard InChI is InChI=1S/C14H14ClNOS/c1-2-16(9-13-4-3-7-18-13)12-6-5-11(10-17)14(15)8-12/h3-8,10H,2,9H2,1H3. The maximum Gasteiger partial charge on any atom is 0.151 e. The monoisotopic (exact) mass is 279 g/mol. The molecule has 0 radical (unpaired) electrons. The van der Waals surface area contributed by atoms with Crippen LogP contribution >= 0.6 is 22.9 Å². The number of rotatable bonds is 5. The van der Waals surface area contributed by atoms with E-state index in [4.69, 9.17) is 11.6 Å². The molecule has 0 aliphatic heterocycles. The minimum absolute atomic E-state index is 0.507. The Kier molecular flexibility index (Phi) is 4.39. The largest absolute Gasteiger partial charge is 0.367 e. The van der Waals surface area contributed by atoms with Gasteiger partial charge in [0.15, 0.2) is 6.29 Å². The van der Waals surface area contributed by atoms with Crippen molar-refractivity contribution in [2.45, 2.75) is 13.5 Å².